The molecule has 2 aromatic heterocycles. The maximum Gasteiger partial charge on any atom is 0.343 e. The number of hydrogen-bond donors (Lipinski definition) is 4. The Morgan fingerprint density at radius 2 is 1.63 bits per heavy atom. The Labute approximate surface area is 455 Å². The lowest BCUT2D eigenvalue weighted by Crippen LogP contribution is -2.44. The summed E-state index contributed by atoms with van der Waals surface area (Å²) in [5, 5.41) is 20.2. The van der Waals surface area contributed by atoms with Crippen LogP contribution in [0.5, 0.6) is 0 Å². The summed E-state index contributed by atoms with van der Waals surface area (Å²) in [5.41, 5.74) is 2.54. The number of aliphatic hydroxyl groups is 1. The Balaban J connectivity index is 0.772. The number of cyclic esters (lactones) is 1. The number of carbonyl (C=O) groups excluding carboxylic acids is 9. The SMILES string of the molecule is CC[C@@]1(O)C(=O)OCc2c1cc1n(c2=O)Cc2c-1nc1cc(F)c(C)c3c1c2[C@@H](CC(=O)C(OCNC(=O)CCC(=O)[C@H](Cc1ccccc1)NC(=O)CCC(=O)CNC(=O)CCCCCN1C(=O)CC(C)C1=O)C1CC1)CC3. The van der Waals surface area contributed by atoms with E-state index < -0.39 is 52.7 Å². The van der Waals surface area contributed by atoms with E-state index in [-0.39, 0.29) is 142 Å². The Morgan fingerprint density at radius 3 is 2.35 bits per heavy atom. The van der Waals surface area contributed by atoms with Crippen LogP contribution in [0, 0.1) is 24.6 Å². The number of carbonyl (C=O) groups is 9. The van der Waals surface area contributed by atoms with Gasteiger partial charge in [0.1, 0.15) is 25.3 Å². The number of halogens is 1. The van der Waals surface area contributed by atoms with Crippen LogP contribution in [0.25, 0.3) is 22.3 Å². The van der Waals surface area contributed by atoms with Crippen molar-refractivity contribution in [3.8, 4) is 11.4 Å². The average Bonchev–Trinajstić information content (AvgIpc) is 3.99. The number of nitrogens with one attached hydrogen (secondary N) is 3. The molecule has 3 aliphatic heterocycles. The average molecular weight is 1090 g/mol. The maximum absolute atomic E-state index is 15.5. The fourth-order valence-electron chi connectivity index (χ4n) is 11.6. The highest BCUT2D eigenvalue weighted by Crippen LogP contribution is 2.48. The van der Waals surface area contributed by atoms with Crippen molar-refractivity contribution in [2.45, 2.75) is 160 Å². The number of fused-ring (bicyclic) bond motifs is 5. The van der Waals surface area contributed by atoms with Crippen molar-refractivity contribution in [3.63, 3.8) is 0 Å². The summed E-state index contributed by atoms with van der Waals surface area (Å²) in [6.07, 6.45) is 2.98. The Bertz CT molecular complexity index is 3210. The smallest absolute Gasteiger partial charge is 0.343 e. The van der Waals surface area contributed by atoms with Crippen LogP contribution in [0.3, 0.4) is 0 Å². The molecule has 5 heterocycles. The minimum atomic E-state index is -2.04. The molecule has 5 atom stereocenters. The molecule has 5 aliphatic rings. The molecule has 2 aliphatic carbocycles. The second-order valence-electron chi connectivity index (χ2n) is 21.8. The van der Waals surface area contributed by atoms with Gasteiger partial charge in [-0.25, -0.2) is 14.2 Å². The van der Waals surface area contributed by atoms with Crippen LogP contribution in [0.4, 0.5) is 4.39 Å². The molecular formula is C59H67FN6O13. The third kappa shape index (κ3) is 12.1. The zero-order chi connectivity index (χ0) is 56.3. The Hall–Kier alpha value is -7.32. The van der Waals surface area contributed by atoms with E-state index in [1.807, 2.05) is 6.07 Å². The van der Waals surface area contributed by atoms with Crippen LogP contribution < -0.4 is 21.5 Å². The van der Waals surface area contributed by atoms with Crippen molar-refractivity contribution in [2.75, 3.05) is 19.8 Å². The molecule has 2 aromatic carbocycles. The van der Waals surface area contributed by atoms with Gasteiger partial charge in [-0.1, -0.05) is 50.6 Å². The second-order valence-corrected chi connectivity index (χ2v) is 21.8. The number of esters is 1. The lowest BCUT2D eigenvalue weighted by Gasteiger charge is -2.31. The van der Waals surface area contributed by atoms with Gasteiger partial charge in [0.05, 0.1) is 41.6 Å². The molecule has 19 nitrogen and oxygen atoms in total. The van der Waals surface area contributed by atoms with Crippen LogP contribution in [0.15, 0.2) is 47.3 Å². The van der Waals surface area contributed by atoms with Gasteiger partial charge in [-0.05, 0) is 98.4 Å². The van der Waals surface area contributed by atoms with E-state index in [4.69, 9.17) is 14.5 Å². The maximum atomic E-state index is 15.5. The number of aromatic nitrogens is 2. The van der Waals surface area contributed by atoms with Gasteiger partial charge >= 0.3 is 5.97 Å². The highest BCUT2D eigenvalue weighted by molar-refractivity contribution is 6.03. The summed E-state index contributed by atoms with van der Waals surface area (Å²) in [5.74, 6) is -4.74. The van der Waals surface area contributed by atoms with Gasteiger partial charge < -0.3 is 35.1 Å². The third-order valence-electron chi connectivity index (χ3n) is 16.3. The first-order valence-electron chi connectivity index (χ1n) is 27.6. The number of rotatable bonds is 26. The van der Waals surface area contributed by atoms with Crippen molar-refractivity contribution in [1.29, 1.82) is 0 Å². The fourth-order valence-corrected chi connectivity index (χ4v) is 11.6. The second kappa shape index (κ2) is 24.0. The van der Waals surface area contributed by atoms with Crippen molar-refractivity contribution < 1.29 is 62.1 Å². The van der Waals surface area contributed by atoms with E-state index in [1.54, 1.807) is 51.1 Å². The Kier molecular flexibility index (Phi) is 17.1. The number of benzene rings is 2. The summed E-state index contributed by atoms with van der Waals surface area (Å²) in [4.78, 5) is 137. The summed E-state index contributed by atoms with van der Waals surface area (Å²) in [6.45, 7) is 4.61. The lowest BCUT2D eigenvalue weighted by atomic mass is 9.76. The summed E-state index contributed by atoms with van der Waals surface area (Å²) < 4.78 is 28.4. The van der Waals surface area contributed by atoms with Crippen molar-refractivity contribution in [3.05, 3.63) is 97.6 Å². The summed E-state index contributed by atoms with van der Waals surface area (Å²) in [6, 6.07) is 11.0. The molecule has 0 spiro atoms. The number of imide groups is 1. The molecule has 1 saturated heterocycles. The van der Waals surface area contributed by atoms with Gasteiger partial charge in [-0.2, -0.15) is 0 Å². The van der Waals surface area contributed by atoms with Crippen LogP contribution in [0.2, 0.25) is 0 Å². The normalized spacial score (nSPS) is 19.8. The van der Waals surface area contributed by atoms with Crippen molar-refractivity contribution in [2.24, 2.45) is 11.8 Å². The standard InChI is InChI=1S/C59H67FN6O13/c1-4-59(77)41-26-45-54-39(29-66(45)57(75)40(41)30-78-58(59)76)52-36(16-18-38-33(3)42(60)27-44(64-54)53(38)52)25-47(69)55(35-14-15-35)79-31-62-49(71)21-19-46(68)43(24-34-11-7-5-8-12-34)63-50(72)20-17-37(67)28-61-48(70)13-9-6-10-22-65-51(73)23-32(2)56(65)74/h5,7-8,11-12,26-27,32,35-36,43,55,77H,4,6,9-10,13-25,28-31H2,1-3H3,(H,61,70)(H,62,71)(H,63,72)/t32?,36-,43+,55?,59+/m1/s1. The number of pyridine rings is 2. The van der Waals surface area contributed by atoms with Gasteiger partial charge in [-0.3, -0.25) is 48.1 Å². The van der Waals surface area contributed by atoms with Crippen LogP contribution in [-0.2, 0) is 84.2 Å². The molecule has 2 fully saturated rings. The van der Waals surface area contributed by atoms with Gasteiger partial charge in [0.2, 0.25) is 29.5 Å². The predicted molar refractivity (Wildman–Crippen MR) is 283 cm³/mol. The highest BCUT2D eigenvalue weighted by Gasteiger charge is 2.46. The van der Waals surface area contributed by atoms with E-state index in [1.165, 1.54) is 15.5 Å². The molecule has 1 saturated carbocycles. The van der Waals surface area contributed by atoms with Gasteiger partial charge in [0.25, 0.3) is 5.56 Å². The zero-order valence-corrected chi connectivity index (χ0v) is 44.8. The molecule has 2 unspecified atom stereocenters. The predicted octanol–water partition coefficient (Wildman–Crippen LogP) is 4.88. The number of Topliss-reactive ketones (excluding diaryl/α,β-unsaturated/α-hetero) is 3. The largest absolute Gasteiger partial charge is 0.458 e. The number of hydrogen-bond acceptors (Lipinski definition) is 14. The molecule has 9 rings (SSSR count). The molecule has 5 amide bonds. The number of unbranched alkanes of at least 4 members (excludes halogenated alkanes) is 2. The molecular weight excluding hydrogens is 1020 g/mol. The van der Waals surface area contributed by atoms with Crippen LogP contribution >= 0.6 is 0 Å². The monoisotopic (exact) mass is 1090 g/mol. The van der Waals surface area contributed by atoms with Gasteiger partial charge in [0.15, 0.2) is 23.0 Å². The van der Waals surface area contributed by atoms with Crippen molar-refractivity contribution in [1.82, 2.24) is 30.4 Å². The zero-order valence-electron chi connectivity index (χ0n) is 44.8. The number of ketones is 3. The molecule has 0 radical (unpaired) electrons. The first-order chi connectivity index (χ1) is 37.9. The first kappa shape index (κ1) is 56.4. The first-order valence-corrected chi connectivity index (χ1v) is 27.6. The van der Waals surface area contributed by atoms with E-state index in [0.717, 1.165) is 34.9 Å². The third-order valence-corrected chi connectivity index (χ3v) is 16.3. The minimum Gasteiger partial charge on any atom is -0.458 e. The molecule has 0 bridgehead atoms. The highest BCUT2D eigenvalue weighted by atomic mass is 19.1. The summed E-state index contributed by atoms with van der Waals surface area (Å²) >= 11 is 0. The summed E-state index contributed by atoms with van der Waals surface area (Å²) in [7, 11) is 0. The Morgan fingerprint density at radius 1 is 0.886 bits per heavy atom. The van der Waals surface area contributed by atoms with E-state index in [2.05, 4.69) is 16.0 Å². The molecule has 79 heavy (non-hydrogen) atoms. The number of nitrogens with zero attached hydrogens (tertiary/aromatic N) is 3. The van der Waals surface area contributed by atoms with E-state index >= 15 is 4.39 Å². The van der Waals surface area contributed by atoms with Crippen molar-refractivity contribution >= 4 is 63.8 Å². The van der Waals surface area contributed by atoms with E-state index in [0.29, 0.717) is 66.7 Å². The van der Waals surface area contributed by atoms with Crippen LogP contribution in [0.1, 0.15) is 149 Å². The van der Waals surface area contributed by atoms with Gasteiger partial charge in [0, 0.05) is 80.0 Å². The van der Waals surface area contributed by atoms with Crippen LogP contribution in [-0.4, -0.2) is 104 Å². The minimum absolute atomic E-state index is 0.0328. The molecule has 4 N–H and O–H groups in total. The van der Waals surface area contributed by atoms with E-state index in [9.17, 15) is 53.1 Å². The topological polar surface area (TPSA) is 267 Å². The fraction of sp³-hybridized carbons (Fsp3) is 0.508. The number of likely N-dealkylation sites (tertiary alicyclic amines) is 1. The lowest BCUT2D eigenvalue weighted by molar-refractivity contribution is -0.172. The molecule has 20 heteroatoms. The number of amides is 5. The molecule has 418 valence electrons. The number of ether oxygens (including phenoxy) is 2. The number of aryl methyl sites for hydroxylation is 1. The molecule has 4 aromatic rings. The van der Waals surface area contributed by atoms with Gasteiger partial charge in [-0.15, -0.1) is 0 Å². The quantitative estimate of drug-likeness (QED) is 0.0249.